The molecular formula is C32H36N2O5. The van der Waals surface area contributed by atoms with Gasteiger partial charge in [-0.2, -0.15) is 0 Å². The van der Waals surface area contributed by atoms with Gasteiger partial charge in [-0.15, -0.1) is 0 Å². The summed E-state index contributed by atoms with van der Waals surface area (Å²) >= 11 is 0. The van der Waals surface area contributed by atoms with Crippen LogP contribution in [0.5, 0.6) is 5.75 Å². The second-order valence-electron chi connectivity index (χ2n) is 11.2. The highest BCUT2D eigenvalue weighted by atomic mass is 16.6. The third-order valence-electron chi connectivity index (χ3n) is 8.60. The minimum atomic E-state index is -0.986. The lowest BCUT2D eigenvalue weighted by Crippen LogP contribution is -2.49. The molecule has 6 rings (SSSR count). The van der Waals surface area contributed by atoms with Gasteiger partial charge in [0.25, 0.3) is 0 Å². The van der Waals surface area contributed by atoms with Crippen molar-refractivity contribution in [3.05, 3.63) is 95.1 Å². The number of carbonyl (C=O) groups is 1. The molecule has 2 fully saturated rings. The first kappa shape index (κ1) is 25.9. The number of carboxylic acids is 1. The highest BCUT2D eigenvalue weighted by Crippen LogP contribution is 2.46. The van der Waals surface area contributed by atoms with Crippen molar-refractivity contribution in [2.24, 2.45) is 0 Å². The standard InChI is InChI=1S/C32H36N2O5/c1-33-21-31(28-4-2-3-5-29(28)33)14-16-34(17-15-31)18-24-6-8-25(9-7-24)19-38-27-12-10-26(11-13-27)32(22-37-23-32)39-20-30(35)36/h2-13H,14-23H2,1H3,(H,35,36). The number of ether oxygens (including phenoxy) is 3. The molecule has 1 N–H and O–H groups in total. The molecule has 3 aromatic carbocycles. The fraction of sp³-hybridized carbons (Fsp3) is 0.406. The zero-order valence-corrected chi connectivity index (χ0v) is 22.5. The normalized spacial score (nSPS) is 19.5. The van der Waals surface area contributed by atoms with Gasteiger partial charge in [0, 0.05) is 31.2 Å². The Kier molecular flexibility index (Phi) is 7.06. The molecule has 7 nitrogen and oxygen atoms in total. The number of hydrogen-bond donors (Lipinski definition) is 1. The summed E-state index contributed by atoms with van der Waals surface area (Å²) in [5.41, 5.74) is 5.92. The number of aliphatic carboxylic acids is 1. The number of rotatable bonds is 9. The summed E-state index contributed by atoms with van der Waals surface area (Å²) < 4.78 is 16.9. The average Bonchev–Trinajstić information content (AvgIpc) is 3.20. The minimum Gasteiger partial charge on any atom is -0.489 e. The van der Waals surface area contributed by atoms with Gasteiger partial charge < -0.3 is 24.2 Å². The van der Waals surface area contributed by atoms with Gasteiger partial charge in [-0.1, -0.05) is 54.6 Å². The summed E-state index contributed by atoms with van der Waals surface area (Å²) in [6, 6.07) is 25.3. The van der Waals surface area contributed by atoms with E-state index in [9.17, 15) is 4.79 Å². The van der Waals surface area contributed by atoms with Crippen molar-refractivity contribution in [3.8, 4) is 5.75 Å². The summed E-state index contributed by atoms with van der Waals surface area (Å²) in [4.78, 5) is 15.9. The highest BCUT2D eigenvalue weighted by Gasteiger charge is 2.43. The number of piperidine rings is 1. The summed E-state index contributed by atoms with van der Waals surface area (Å²) in [6.07, 6.45) is 2.41. The molecule has 0 atom stereocenters. The molecule has 1 spiro atoms. The van der Waals surface area contributed by atoms with E-state index < -0.39 is 11.6 Å². The van der Waals surface area contributed by atoms with Crippen molar-refractivity contribution < 1.29 is 24.1 Å². The van der Waals surface area contributed by atoms with Gasteiger partial charge >= 0.3 is 5.97 Å². The molecule has 3 aromatic rings. The SMILES string of the molecule is CN1CC2(CCN(Cc3ccc(COc4ccc(C5(OCC(=O)O)COC5)cc4)cc3)CC2)c2ccccc21. The summed E-state index contributed by atoms with van der Waals surface area (Å²) in [6.45, 7) is 5.21. The Morgan fingerprint density at radius 3 is 2.31 bits per heavy atom. The smallest absolute Gasteiger partial charge is 0.329 e. The Morgan fingerprint density at radius 2 is 1.64 bits per heavy atom. The minimum absolute atomic E-state index is 0.305. The summed E-state index contributed by atoms with van der Waals surface area (Å²) in [5.74, 6) is -0.224. The van der Waals surface area contributed by atoms with Crippen LogP contribution in [-0.2, 0) is 38.4 Å². The van der Waals surface area contributed by atoms with Crippen molar-refractivity contribution in [3.63, 3.8) is 0 Å². The van der Waals surface area contributed by atoms with Crippen LogP contribution in [-0.4, -0.2) is 62.5 Å². The van der Waals surface area contributed by atoms with Gasteiger partial charge in [0.15, 0.2) is 0 Å². The Balaban J connectivity index is 0.992. The van der Waals surface area contributed by atoms with Gasteiger partial charge in [-0.3, -0.25) is 4.90 Å². The fourth-order valence-corrected chi connectivity index (χ4v) is 6.29. The molecule has 0 aliphatic carbocycles. The first-order valence-electron chi connectivity index (χ1n) is 13.7. The maximum Gasteiger partial charge on any atom is 0.329 e. The number of likely N-dealkylation sites (tertiary alicyclic amines) is 1. The van der Waals surface area contributed by atoms with Crippen LogP contribution in [0, 0.1) is 0 Å². The van der Waals surface area contributed by atoms with Crippen LogP contribution in [0.3, 0.4) is 0 Å². The molecule has 2 saturated heterocycles. The molecule has 39 heavy (non-hydrogen) atoms. The third-order valence-corrected chi connectivity index (χ3v) is 8.60. The highest BCUT2D eigenvalue weighted by molar-refractivity contribution is 5.68. The van der Waals surface area contributed by atoms with Gasteiger partial charge in [0.1, 0.15) is 24.6 Å². The maximum absolute atomic E-state index is 10.9. The van der Waals surface area contributed by atoms with E-state index in [2.05, 4.69) is 65.4 Å². The molecule has 0 unspecified atom stereocenters. The van der Waals surface area contributed by atoms with Crippen molar-refractivity contribution in [2.75, 3.05) is 51.4 Å². The third kappa shape index (κ3) is 5.26. The van der Waals surface area contributed by atoms with Gasteiger partial charge in [0.05, 0.1) is 13.2 Å². The van der Waals surface area contributed by atoms with Crippen LogP contribution in [0.15, 0.2) is 72.8 Å². The first-order chi connectivity index (χ1) is 18.9. The number of nitrogens with zero attached hydrogens (tertiary/aromatic N) is 2. The monoisotopic (exact) mass is 528 g/mol. The van der Waals surface area contributed by atoms with Gasteiger partial charge in [-0.05, 0) is 66.4 Å². The number of para-hydroxylation sites is 1. The van der Waals surface area contributed by atoms with E-state index in [4.69, 9.17) is 19.3 Å². The largest absolute Gasteiger partial charge is 0.489 e. The second kappa shape index (κ2) is 10.6. The maximum atomic E-state index is 10.9. The molecule has 0 radical (unpaired) electrons. The molecular weight excluding hydrogens is 492 g/mol. The van der Waals surface area contributed by atoms with Crippen LogP contribution in [0.2, 0.25) is 0 Å². The van der Waals surface area contributed by atoms with Crippen LogP contribution >= 0.6 is 0 Å². The first-order valence-corrected chi connectivity index (χ1v) is 13.7. The zero-order valence-electron chi connectivity index (χ0n) is 22.5. The zero-order chi connectivity index (χ0) is 26.9. The molecule has 0 amide bonds. The van der Waals surface area contributed by atoms with E-state index in [0.29, 0.717) is 25.2 Å². The molecule has 204 valence electrons. The topological polar surface area (TPSA) is 71.5 Å². The molecule has 3 aliphatic heterocycles. The van der Waals surface area contributed by atoms with Crippen LogP contribution in [0.4, 0.5) is 5.69 Å². The van der Waals surface area contributed by atoms with Crippen LogP contribution in [0.1, 0.15) is 35.1 Å². The molecule has 3 heterocycles. The Labute approximate surface area is 229 Å². The van der Waals surface area contributed by atoms with Gasteiger partial charge in [0.2, 0.25) is 0 Å². The van der Waals surface area contributed by atoms with E-state index in [1.54, 1.807) is 0 Å². The predicted octanol–water partition coefficient (Wildman–Crippen LogP) is 4.58. The number of benzene rings is 3. The van der Waals surface area contributed by atoms with Gasteiger partial charge in [-0.25, -0.2) is 4.79 Å². The van der Waals surface area contributed by atoms with Crippen molar-refractivity contribution in [2.45, 2.75) is 37.0 Å². The van der Waals surface area contributed by atoms with E-state index in [1.165, 1.54) is 29.7 Å². The lowest BCUT2D eigenvalue weighted by Gasteiger charge is -2.41. The van der Waals surface area contributed by atoms with E-state index >= 15 is 0 Å². The van der Waals surface area contributed by atoms with E-state index in [0.717, 1.165) is 43.1 Å². The number of fused-ring (bicyclic) bond motifs is 2. The average molecular weight is 529 g/mol. The number of hydrogen-bond acceptors (Lipinski definition) is 6. The molecule has 3 aliphatic rings. The number of anilines is 1. The number of carboxylic acid groups (broad SMARTS) is 1. The second-order valence-corrected chi connectivity index (χ2v) is 11.2. The lowest BCUT2D eigenvalue weighted by atomic mass is 9.74. The number of likely N-dealkylation sites (N-methyl/N-ethyl adjacent to an activating group) is 1. The van der Waals surface area contributed by atoms with Crippen molar-refractivity contribution in [1.29, 1.82) is 0 Å². The predicted molar refractivity (Wildman–Crippen MR) is 149 cm³/mol. The van der Waals surface area contributed by atoms with E-state index in [-0.39, 0.29) is 6.61 Å². The quantitative estimate of drug-likeness (QED) is 0.436. The molecule has 0 bridgehead atoms. The molecule has 7 heteroatoms. The molecule has 0 saturated carbocycles. The summed E-state index contributed by atoms with van der Waals surface area (Å²) in [5, 5.41) is 8.95. The molecule has 0 aromatic heterocycles. The lowest BCUT2D eigenvalue weighted by molar-refractivity contribution is -0.220. The Morgan fingerprint density at radius 1 is 0.949 bits per heavy atom. The summed E-state index contributed by atoms with van der Waals surface area (Å²) in [7, 11) is 2.22. The van der Waals surface area contributed by atoms with Crippen molar-refractivity contribution >= 4 is 11.7 Å². The Bertz CT molecular complexity index is 1290. The van der Waals surface area contributed by atoms with Crippen LogP contribution in [0.25, 0.3) is 0 Å². The van der Waals surface area contributed by atoms with Crippen LogP contribution < -0.4 is 9.64 Å². The van der Waals surface area contributed by atoms with Crippen molar-refractivity contribution in [1.82, 2.24) is 4.90 Å². The fourth-order valence-electron chi connectivity index (χ4n) is 6.29. The van der Waals surface area contributed by atoms with E-state index in [1.807, 2.05) is 24.3 Å². The Hall–Kier alpha value is -3.39.